The van der Waals surface area contributed by atoms with Gasteiger partial charge in [0.15, 0.2) is 9.84 Å². The Balaban J connectivity index is 2.78. The van der Waals surface area contributed by atoms with E-state index in [0.717, 1.165) is 30.8 Å². The van der Waals surface area contributed by atoms with Crippen LogP contribution in [-0.4, -0.2) is 48.6 Å². The molecule has 1 saturated heterocycles. The molecule has 0 aromatic rings. The fraction of sp³-hybridized carbons (Fsp3) is 0.917. The van der Waals surface area contributed by atoms with E-state index in [1.165, 1.54) is 13.8 Å². The molecule has 106 valence electrons. The van der Waals surface area contributed by atoms with Gasteiger partial charge < -0.3 is 4.90 Å². The van der Waals surface area contributed by atoms with Crippen molar-refractivity contribution in [2.24, 2.45) is 5.92 Å². The molecule has 1 amide bonds. The maximum Gasteiger partial charge on any atom is 0.243 e. The van der Waals surface area contributed by atoms with Crippen LogP contribution < -0.4 is 0 Å². The molecule has 0 spiro atoms. The summed E-state index contributed by atoms with van der Waals surface area (Å²) in [6, 6.07) is 0. The van der Waals surface area contributed by atoms with Gasteiger partial charge in [0.1, 0.15) is 4.75 Å². The van der Waals surface area contributed by atoms with Crippen molar-refractivity contribution in [1.82, 2.24) is 4.90 Å². The molecule has 1 unspecified atom stereocenters. The molecule has 1 rings (SSSR count). The number of nitrogens with zero attached hydrogens (tertiary/aromatic N) is 1. The van der Waals surface area contributed by atoms with Gasteiger partial charge in [0.05, 0.1) is 0 Å². The molecular formula is C12H22BrNO3S. The van der Waals surface area contributed by atoms with Gasteiger partial charge in [-0.3, -0.25) is 4.79 Å². The lowest BCUT2D eigenvalue weighted by Gasteiger charge is -2.36. The average Bonchev–Trinajstić information content (AvgIpc) is 2.27. The van der Waals surface area contributed by atoms with E-state index in [0.29, 0.717) is 19.0 Å². The molecule has 1 heterocycles. The maximum absolute atomic E-state index is 12.4. The van der Waals surface area contributed by atoms with Crippen LogP contribution in [0.15, 0.2) is 0 Å². The van der Waals surface area contributed by atoms with Crippen LogP contribution >= 0.6 is 15.9 Å². The predicted molar refractivity (Wildman–Crippen MR) is 76.6 cm³/mol. The summed E-state index contributed by atoms with van der Waals surface area (Å²) >= 11 is 3.41. The lowest BCUT2D eigenvalue weighted by molar-refractivity contribution is -0.135. The number of rotatable bonds is 4. The smallest absolute Gasteiger partial charge is 0.243 e. The molecule has 1 atom stereocenters. The van der Waals surface area contributed by atoms with Crippen molar-refractivity contribution < 1.29 is 13.2 Å². The van der Waals surface area contributed by atoms with E-state index in [2.05, 4.69) is 15.9 Å². The minimum Gasteiger partial charge on any atom is -0.341 e. The number of halogens is 1. The van der Waals surface area contributed by atoms with Crippen molar-refractivity contribution in [1.29, 1.82) is 0 Å². The van der Waals surface area contributed by atoms with Gasteiger partial charge in [0, 0.05) is 24.7 Å². The van der Waals surface area contributed by atoms with Crippen LogP contribution in [0.2, 0.25) is 0 Å². The van der Waals surface area contributed by atoms with E-state index in [4.69, 9.17) is 0 Å². The highest BCUT2D eigenvalue weighted by Gasteiger charge is 2.42. The number of hydrogen-bond donors (Lipinski definition) is 0. The van der Waals surface area contributed by atoms with Crippen molar-refractivity contribution >= 4 is 31.7 Å². The van der Waals surface area contributed by atoms with Crippen molar-refractivity contribution in [3.8, 4) is 0 Å². The number of carbonyl (C=O) groups is 1. The number of carbonyl (C=O) groups excluding carboxylic acids is 1. The first kappa shape index (κ1) is 16.0. The minimum absolute atomic E-state index is 0.260. The first-order valence-electron chi connectivity index (χ1n) is 6.25. The molecule has 0 aromatic heterocycles. The first-order chi connectivity index (χ1) is 8.20. The summed E-state index contributed by atoms with van der Waals surface area (Å²) in [5.74, 6) is 0.224. The topological polar surface area (TPSA) is 54.5 Å². The summed E-state index contributed by atoms with van der Waals surface area (Å²) in [7, 11) is -3.38. The largest absolute Gasteiger partial charge is 0.341 e. The quantitative estimate of drug-likeness (QED) is 0.734. The summed E-state index contributed by atoms with van der Waals surface area (Å²) in [5, 5.41) is 0.926. The minimum atomic E-state index is -3.38. The normalized spacial score (nSPS) is 22.0. The molecule has 18 heavy (non-hydrogen) atoms. The van der Waals surface area contributed by atoms with E-state index in [1.807, 2.05) is 0 Å². The number of likely N-dealkylation sites (tertiary alicyclic amines) is 1. The Morgan fingerprint density at radius 2 is 2.06 bits per heavy atom. The van der Waals surface area contributed by atoms with Gasteiger partial charge in [-0.2, -0.15) is 0 Å². The van der Waals surface area contributed by atoms with Crippen LogP contribution in [0.25, 0.3) is 0 Å². The van der Waals surface area contributed by atoms with Crippen molar-refractivity contribution in [3.63, 3.8) is 0 Å². The number of sulfone groups is 1. The van der Waals surface area contributed by atoms with Crippen LogP contribution in [0.3, 0.4) is 0 Å². The Hall–Kier alpha value is -0.100. The standard InChI is InChI=1S/C12H22BrNO3S/c1-12(2,18(3,16)17)11(15)14-8-4-5-10(9-14)6-7-13/h10H,4-9H2,1-3H3. The number of piperidine rings is 1. The highest BCUT2D eigenvalue weighted by atomic mass is 79.9. The van der Waals surface area contributed by atoms with E-state index < -0.39 is 14.6 Å². The molecule has 0 N–H and O–H groups in total. The summed E-state index contributed by atoms with van der Waals surface area (Å²) in [4.78, 5) is 14.1. The van der Waals surface area contributed by atoms with Crippen LogP contribution in [0, 0.1) is 5.92 Å². The van der Waals surface area contributed by atoms with Crippen molar-refractivity contribution in [2.75, 3.05) is 24.7 Å². The molecular weight excluding hydrogens is 318 g/mol. The zero-order valence-electron chi connectivity index (χ0n) is 11.3. The van der Waals surface area contributed by atoms with Gasteiger partial charge in [-0.05, 0) is 39.0 Å². The molecule has 0 saturated carbocycles. The Labute approximate surface area is 118 Å². The molecule has 0 bridgehead atoms. The summed E-state index contributed by atoms with van der Waals surface area (Å²) in [5.41, 5.74) is 0. The van der Waals surface area contributed by atoms with Gasteiger partial charge in [-0.25, -0.2) is 8.42 Å². The van der Waals surface area contributed by atoms with Gasteiger partial charge in [-0.15, -0.1) is 0 Å². The van der Waals surface area contributed by atoms with Crippen molar-refractivity contribution in [3.05, 3.63) is 0 Å². The second-order valence-corrected chi connectivity index (χ2v) is 8.88. The van der Waals surface area contributed by atoms with Crippen molar-refractivity contribution in [2.45, 2.75) is 37.9 Å². The lowest BCUT2D eigenvalue weighted by atomic mass is 9.95. The van der Waals surface area contributed by atoms with Gasteiger partial charge >= 0.3 is 0 Å². The Bertz CT molecular complexity index is 404. The van der Waals surface area contributed by atoms with Gasteiger partial charge in [0.2, 0.25) is 5.91 Å². The molecule has 6 heteroatoms. The SMILES string of the molecule is CC(C)(C(=O)N1CCCC(CCBr)C1)S(C)(=O)=O. The summed E-state index contributed by atoms with van der Waals surface area (Å²) in [6.45, 7) is 4.36. The molecule has 1 fully saturated rings. The average molecular weight is 340 g/mol. The Morgan fingerprint density at radius 3 is 2.56 bits per heavy atom. The second kappa shape index (κ2) is 5.90. The highest BCUT2D eigenvalue weighted by molar-refractivity contribution is 9.09. The fourth-order valence-corrected chi connectivity index (χ4v) is 3.27. The predicted octanol–water partition coefficient (Wildman–Crippen LogP) is 1.83. The second-order valence-electron chi connectivity index (χ2n) is 5.52. The van der Waals surface area contributed by atoms with Crippen LogP contribution in [0.1, 0.15) is 33.1 Å². The van der Waals surface area contributed by atoms with E-state index in [-0.39, 0.29) is 5.91 Å². The number of alkyl halides is 1. The number of hydrogen-bond acceptors (Lipinski definition) is 3. The van der Waals surface area contributed by atoms with E-state index in [1.54, 1.807) is 4.90 Å². The molecule has 0 aromatic carbocycles. The third kappa shape index (κ3) is 3.47. The van der Waals surface area contributed by atoms with Crippen LogP contribution in [-0.2, 0) is 14.6 Å². The number of amides is 1. The highest BCUT2D eigenvalue weighted by Crippen LogP contribution is 2.25. The molecule has 1 aliphatic heterocycles. The maximum atomic E-state index is 12.4. The van der Waals surface area contributed by atoms with Gasteiger partial charge in [0.25, 0.3) is 0 Å². The third-order valence-corrected chi connectivity index (χ3v) is 6.25. The third-order valence-electron chi connectivity index (χ3n) is 3.77. The van der Waals surface area contributed by atoms with E-state index in [9.17, 15) is 13.2 Å². The summed E-state index contributed by atoms with van der Waals surface area (Å²) < 4.78 is 22.1. The first-order valence-corrected chi connectivity index (χ1v) is 9.26. The lowest BCUT2D eigenvalue weighted by Crippen LogP contribution is -2.52. The van der Waals surface area contributed by atoms with Crippen LogP contribution in [0.5, 0.6) is 0 Å². The Morgan fingerprint density at radius 1 is 1.44 bits per heavy atom. The van der Waals surface area contributed by atoms with Gasteiger partial charge in [-0.1, -0.05) is 15.9 Å². The summed E-state index contributed by atoms with van der Waals surface area (Å²) in [6.07, 6.45) is 4.24. The molecule has 0 aliphatic carbocycles. The van der Waals surface area contributed by atoms with Crippen LogP contribution in [0.4, 0.5) is 0 Å². The molecule has 4 nitrogen and oxygen atoms in total. The monoisotopic (exact) mass is 339 g/mol. The zero-order valence-corrected chi connectivity index (χ0v) is 13.7. The molecule has 0 radical (unpaired) electrons. The zero-order chi connectivity index (χ0) is 14.0. The molecule has 1 aliphatic rings. The Kier molecular flexibility index (Phi) is 5.23. The fourth-order valence-electron chi connectivity index (χ4n) is 2.18. The van der Waals surface area contributed by atoms with E-state index >= 15 is 0 Å².